The molecule has 3 heteroatoms. The molecule has 0 aromatic carbocycles. The Kier molecular flexibility index (Phi) is 11.1. The van der Waals surface area contributed by atoms with Gasteiger partial charge in [-0.05, 0) is 31.9 Å². The van der Waals surface area contributed by atoms with Gasteiger partial charge in [0.05, 0.1) is 5.41 Å². The van der Waals surface area contributed by atoms with Crippen LogP contribution in [-0.2, 0) is 4.79 Å². The Hall–Kier alpha value is -0.180. The van der Waals surface area contributed by atoms with Gasteiger partial charge in [0.25, 0.3) is 0 Å². The fourth-order valence-electron chi connectivity index (χ4n) is 3.63. The number of carboxylic acid groups (broad SMARTS) is 1. The number of carbonyl (C=O) groups is 1. The summed E-state index contributed by atoms with van der Waals surface area (Å²) in [6.07, 6.45) is 17.9. The monoisotopic (exact) mass is 342 g/mol. The minimum absolute atomic E-state index is 0.326. The molecule has 136 valence electrons. The molecule has 1 aliphatic rings. The first-order valence-electron chi connectivity index (χ1n) is 9.96. The maximum absolute atomic E-state index is 11.6. The topological polar surface area (TPSA) is 37.3 Å². The van der Waals surface area contributed by atoms with Crippen LogP contribution in [0.5, 0.6) is 0 Å². The standard InChI is InChI=1S/C20H38O2S/c1-3-4-5-6-7-8-9-10-11-14-17-23-18-15-12-13-16-20(18,2)19(21)22/h18H,3-17H2,1-2H3,(H,21,22). The van der Waals surface area contributed by atoms with Crippen molar-refractivity contribution in [1.29, 1.82) is 0 Å². The van der Waals surface area contributed by atoms with E-state index < -0.39 is 11.4 Å². The number of hydrogen-bond acceptors (Lipinski definition) is 2. The third-order valence-electron chi connectivity index (χ3n) is 5.43. The lowest BCUT2D eigenvalue weighted by atomic mass is 9.75. The molecule has 0 saturated heterocycles. The highest BCUT2D eigenvalue weighted by atomic mass is 32.2. The number of rotatable bonds is 13. The minimum Gasteiger partial charge on any atom is -0.481 e. The van der Waals surface area contributed by atoms with Gasteiger partial charge in [0, 0.05) is 5.25 Å². The van der Waals surface area contributed by atoms with Crippen LogP contribution in [0, 0.1) is 5.41 Å². The van der Waals surface area contributed by atoms with Crippen molar-refractivity contribution in [2.45, 2.75) is 109 Å². The lowest BCUT2D eigenvalue weighted by Crippen LogP contribution is -2.40. The van der Waals surface area contributed by atoms with Gasteiger partial charge in [-0.3, -0.25) is 4.79 Å². The van der Waals surface area contributed by atoms with Crippen molar-refractivity contribution in [3.8, 4) is 0 Å². The summed E-state index contributed by atoms with van der Waals surface area (Å²) >= 11 is 1.93. The van der Waals surface area contributed by atoms with Crippen molar-refractivity contribution in [3.05, 3.63) is 0 Å². The number of thioether (sulfide) groups is 1. The molecule has 2 atom stereocenters. The second-order valence-corrected chi connectivity index (χ2v) is 8.82. The number of aliphatic carboxylic acids is 1. The van der Waals surface area contributed by atoms with Crippen LogP contribution in [0.3, 0.4) is 0 Å². The van der Waals surface area contributed by atoms with Crippen LogP contribution in [0.25, 0.3) is 0 Å². The van der Waals surface area contributed by atoms with Gasteiger partial charge in [-0.1, -0.05) is 77.6 Å². The van der Waals surface area contributed by atoms with Crippen molar-refractivity contribution < 1.29 is 9.90 Å². The smallest absolute Gasteiger partial charge is 0.310 e. The first-order valence-corrected chi connectivity index (χ1v) is 11.0. The molecular weight excluding hydrogens is 304 g/mol. The van der Waals surface area contributed by atoms with Crippen molar-refractivity contribution in [2.24, 2.45) is 5.41 Å². The predicted octanol–water partition coefficient (Wildman–Crippen LogP) is 6.67. The molecule has 1 fully saturated rings. The molecule has 0 aromatic rings. The Morgan fingerprint density at radius 2 is 1.57 bits per heavy atom. The van der Waals surface area contributed by atoms with Crippen LogP contribution < -0.4 is 0 Å². The molecule has 23 heavy (non-hydrogen) atoms. The fourth-order valence-corrected chi connectivity index (χ4v) is 5.20. The molecule has 0 spiro atoms. The maximum Gasteiger partial charge on any atom is 0.310 e. The second-order valence-electron chi connectivity index (χ2n) is 7.51. The lowest BCUT2D eigenvalue weighted by Gasteiger charge is -2.37. The SMILES string of the molecule is CCCCCCCCCCCCSC1CCCCC1(C)C(=O)O. The maximum atomic E-state index is 11.6. The summed E-state index contributed by atoms with van der Waals surface area (Å²) in [6, 6.07) is 0. The zero-order valence-corrected chi connectivity index (χ0v) is 16.3. The zero-order valence-electron chi connectivity index (χ0n) is 15.4. The summed E-state index contributed by atoms with van der Waals surface area (Å²) in [4.78, 5) is 11.6. The Balaban J connectivity index is 2.01. The largest absolute Gasteiger partial charge is 0.481 e. The first kappa shape index (κ1) is 20.9. The molecule has 0 aromatic heterocycles. The molecule has 0 heterocycles. The molecule has 0 radical (unpaired) electrons. The van der Waals surface area contributed by atoms with E-state index in [9.17, 15) is 9.90 Å². The third-order valence-corrected chi connectivity index (χ3v) is 7.11. The van der Waals surface area contributed by atoms with Gasteiger partial charge in [-0.15, -0.1) is 0 Å². The van der Waals surface area contributed by atoms with Crippen LogP contribution in [0.15, 0.2) is 0 Å². The van der Waals surface area contributed by atoms with E-state index in [-0.39, 0.29) is 0 Å². The molecule has 0 amide bonds. The molecule has 0 aliphatic heterocycles. The number of unbranched alkanes of at least 4 members (excludes halogenated alkanes) is 9. The molecule has 1 rings (SSSR count). The van der Waals surface area contributed by atoms with Crippen molar-refractivity contribution >= 4 is 17.7 Å². The molecular formula is C20H38O2S. The minimum atomic E-state index is -0.585. The van der Waals surface area contributed by atoms with Gasteiger partial charge in [-0.2, -0.15) is 11.8 Å². The Labute approximate surface area is 148 Å². The van der Waals surface area contributed by atoms with E-state index in [0.717, 1.165) is 25.0 Å². The molecule has 2 nitrogen and oxygen atoms in total. The summed E-state index contributed by atoms with van der Waals surface area (Å²) in [7, 11) is 0. The first-order chi connectivity index (χ1) is 11.1. The van der Waals surface area contributed by atoms with Crippen LogP contribution in [0.1, 0.15) is 104 Å². The average molecular weight is 343 g/mol. The van der Waals surface area contributed by atoms with E-state index in [1.165, 1.54) is 70.6 Å². The molecule has 1 saturated carbocycles. The Morgan fingerprint density at radius 3 is 2.13 bits per heavy atom. The van der Waals surface area contributed by atoms with Crippen molar-refractivity contribution in [2.75, 3.05) is 5.75 Å². The number of hydrogen-bond donors (Lipinski definition) is 1. The van der Waals surface area contributed by atoms with Crippen LogP contribution >= 0.6 is 11.8 Å². The zero-order chi connectivity index (χ0) is 17.0. The van der Waals surface area contributed by atoms with Crippen molar-refractivity contribution in [3.63, 3.8) is 0 Å². The van der Waals surface area contributed by atoms with Gasteiger partial charge >= 0.3 is 5.97 Å². The average Bonchev–Trinajstić information content (AvgIpc) is 2.54. The Bertz CT molecular complexity index is 319. The quantitative estimate of drug-likeness (QED) is 0.380. The van der Waals surface area contributed by atoms with E-state index in [1.54, 1.807) is 0 Å². The molecule has 1 N–H and O–H groups in total. The van der Waals surface area contributed by atoms with Gasteiger partial charge in [0.15, 0.2) is 0 Å². The van der Waals surface area contributed by atoms with Gasteiger partial charge < -0.3 is 5.11 Å². The predicted molar refractivity (Wildman–Crippen MR) is 102 cm³/mol. The molecule has 2 unspecified atom stereocenters. The highest BCUT2D eigenvalue weighted by Gasteiger charge is 2.43. The van der Waals surface area contributed by atoms with E-state index in [1.807, 2.05) is 18.7 Å². The van der Waals surface area contributed by atoms with Crippen molar-refractivity contribution in [1.82, 2.24) is 0 Å². The van der Waals surface area contributed by atoms with E-state index in [0.29, 0.717) is 5.25 Å². The van der Waals surface area contributed by atoms with Gasteiger partial charge in [0.1, 0.15) is 0 Å². The van der Waals surface area contributed by atoms with E-state index in [4.69, 9.17) is 0 Å². The fraction of sp³-hybridized carbons (Fsp3) is 0.950. The highest BCUT2D eigenvalue weighted by Crippen LogP contribution is 2.43. The third kappa shape index (κ3) is 7.96. The second kappa shape index (κ2) is 12.2. The molecule has 0 bridgehead atoms. The van der Waals surface area contributed by atoms with Gasteiger partial charge in [-0.25, -0.2) is 0 Å². The van der Waals surface area contributed by atoms with Crippen LogP contribution in [-0.4, -0.2) is 22.1 Å². The molecule has 1 aliphatic carbocycles. The summed E-state index contributed by atoms with van der Waals surface area (Å²) in [6.45, 7) is 4.23. The summed E-state index contributed by atoms with van der Waals surface area (Å²) in [5.74, 6) is 0.557. The Morgan fingerprint density at radius 1 is 1.00 bits per heavy atom. The summed E-state index contributed by atoms with van der Waals surface area (Å²) in [5, 5.41) is 9.86. The number of carboxylic acids is 1. The summed E-state index contributed by atoms with van der Waals surface area (Å²) < 4.78 is 0. The normalized spacial score (nSPS) is 24.7. The van der Waals surface area contributed by atoms with Crippen LogP contribution in [0.4, 0.5) is 0 Å². The van der Waals surface area contributed by atoms with E-state index >= 15 is 0 Å². The van der Waals surface area contributed by atoms with E-state index in [2.05, 4.69) is 6.92 Å². The highest BCUT2D eigenvalue weighted by molar-refractivity contribution is 7.99. The summed E-state index contributed by atoms with van der Waals surface area (Å²) in [5.41, 5.74) is -0.485. The van der Waals surface area contributed by atoms with Gasteiger partial charge in [0.2, 0.25) is 0 Å². The van der Waals surface area contributed by atoms with Crippen LogP contribution in [0.2, 0.25) is 0 Å². The lowest BCUT2D eigenvalue weighted by molar-refractivity contribution is -0.149.